The maximum atomic E-state index is 11.0. The number of rotatable bonds is 2. The van der Waals surface area contributed by atoms with Gasteiger partial charge in [0.2, 0.25) is 0 Å². The number of carboxylic acids is 1. The van der Waals surface area contributed by atoms with Gasteiger partial charge in [-0.25, -0.2) is 0 Å². The van der Waals surface area contributed by atoms with E-state index in [0.29, 0.717) is 6.04 Å². The van der Waals surface area contributed by atoms with Gasteiger partial charge in [0.1, 0.15) is 6.04 Å². The van der Waals surface area contributed by atoms with Crippen molar-refractivity contribution in [3.8, 4) is 0 Å². The van der Waals surface area contributed by atoms with Crippen LogP contribution in [0.25, 0.3) is 0 Å². The van der Waals surface area contributed by atoms with Crippen molar-refractivity contribution in [3.05, 3.63) is 0 Å². The molecule has 13 heavy (non-hydrogen) atoms. The summed E-state index contributed by atoms with van der Waals surface area (Å²) in [5.74, 6) is 1.63. The van der Waals surface area contributed by atoms with E-state index in [4.69, 9.17) is 5.11 Å². The fourth-order valence-corrected chi connectivity index (χ4v) is 2.90. The molecule has 0 amide bonds. The minimum atomic E-state index is -0.628. The number of nitrogens with zero attached hydrogens (tertiary/aromatic N) is 1. The van der Waals surface area contributed by atoms with Crippen LogP contribution in [0.2, 0.25) is 0 Å². The number of likely N-dealkylation sites (tertiary alicyclic amines) is 1. The smallest absolute Gasteiger partial charge is 0.320 e. The molecule has 2 aliphatic rings. The predicted molar refractivity (Wildman–Crippen MR) is 53.1 cm³/mol. The van der Waals surface area contributed by atoms with Crippen molar-refractivity contribution in [1.82, 2.24) is 4.90 Å². The van der Waals surface area contributed by atoms with Crippen LogP contribution in [0.3, 0.4) is 0 Å². The highest BCUT2D eigenvalue weighted by atomic mass is 32.2. The molecule has 2 rings (SSSR count). The van der Waals surface area contributed by atoms with Crippen LogP contribution in [0.15, 0.2) is 0 Å². The van der Waals surface area contributed by atoms with E-state index in [1.807, 2.05) is 11.8 Å². The minimum absolute atomic E-state index is 0.195. The molecule has 2 heterocycles. The largest absolute Gasteiger partial charge is 0.480 e. The first-order chi connectivity index (χ1) is 6.29. The number of carboxylic acid groups (broad SMARTS) is 1. The first kappa shape index (κ1) is 9.34. The Bertz CT molecular complexity index is 206. The molecule has 0 aliphatic carbocycles. The molecule has 1 N–H and O–H groups in total. The Morgan fingerprint density at radius 2 is 2.15 bits per heavy atom. The fourth-order valence-electron chi connectivity index (χ4n) is 2.07. The van der Waals surface area contributed by atoms with Crippen molar-refractivity contribution in [2.24, 2.45) is 0 Å². The number of hydrogen-bond donors (Lipinski definition) is 1. The van der Waals surface area contributed by atoms with E-state index < -0.39 is 5.97 Å². The molecule has 2 aliphatic heterocycles. The maximum Gasteiger partial charge on any atom is 0.320 e. The van der Waals surface area contributed by atoms with Gasteiger partial charge in [0.15, 0.2) is 0 Å². The third-order valence-electron chi connectivity index (χ3n) is 2.92. The summed E-state index contributed by atoms with van der Waals surface area (Å²) in [7, 11) is 0. The molecular formula is C9H15NO2S. The summed E-state index contributed by atoms with van der Waals surface area (Å²) in [5.41, 5.74) is 0. The van der Waals surface area contributed by atoms with Gasteiger partial charge in [-0.2, -0.15) is 11.8 Å². The lowest BCUT2D eigenvalue weighted by atomic mass is 10.0. The van der Waals surface area contributed by atoms with Crippen LogP contribution in [0, 0.1) is 0 Å². The number of thioether (sulfide) groups is 1. The van der Waals surface area contributed by atoms with E-state index in [0.717, 1.165) is 30.9 Å². The highest BCUT2D eigenvalue weighted by Crippen LogP contribution is 2.29. The van der Waals surface area contributed by atoms with Gasteiger partial charge < -0.3 is 5.11 Å². The standard InChI is InChI=1S/C9H15NO2S/c11-9(12)8-3-1-2-4-10(8)7-5-13-6-7/h7-8H,1-6H2,(H,11,12). The van der Waals surface area contributed by atoms with Gasteiger partial charge in [-0.05, 0) is 19.4 Å². The van der Waals surface area contributed by atoms with E-state index >= 15 is 0 Å². The number of hydrogen-bond acceptors (Lipinski definition) is 3. The lowest BCUT2D eigenvalue weighted by molar-refractivity contribution is -0.145. The van der Waals surface area contributed by atoms with Crippen LogP contribution in [-0.2, 0) is 4.79 Å². The van der Waals surface area contributed by atoms with Crippen molar-refractivity contribution in [1.29, 1.82) is 0 Å². The molecule has 0 bridgehead atoms. The molecular weight excluding hydrogens is 186 g/mol. The monoisotopic (exact) mass is 201 g/mol. The highest BCUT2D eigenvalue weighted by Gasteiger charge is 2.36. The SMILES string of the molecule is O=C(O)C1CCCCN1C1CSC1. The Hall–Kier alpha value is -0.220. The molecule has 0 aromatic rings. The zero-order valence-corrected chi connectivity index (χ0v) is 8.42. The van der Waals surface area contributed by atoms with E-state index in [2.05, 4.69) is 4.90 Å². The van der Waals surface area contributed by atoms with Crippen molar-refractivity contribution in [3.63, 3.8) is 0 Å². The van der Waals surface area contributed by atoms with Crippen molar-refractivity contribution in [2.45, 2.75) is 31.3 Å². The Kier molecular flexibility index (Phi) is 2.79. The van der Waals surface area contributed by atoms with Gasteiger partial charge >= 0.3 is 5.97 Å². The van der Waals surface area contributed by atoms with Gasteiger partial charge in [0, 0.05) is 17.5 Å². The first-order valence-corrected chi connectivity index (χ1v) is 6.01. The van der Waals surface area contributed by atoms with E-state index in [1.165, 1.54) is 6.42 Å². The van der Waals surface area contributed by atoms with Crippen LogP contribution in [0.4, 0.5) is 0 Å². The van der Waals surface area contributed by atoms with E-state index in [-0.39, 0.29) is 6.04 Å². The summed E-state index contributed by atoms with van der Waals surface area (Å²) in [6.07, 6.45) is 3.09. The Labute approximate surface area is 82.5 Å². The quantitative estimate of drug-likeness (QED) is 0.724. The lowest BCUT2D eigenvalue weighted by Gasteiger charge is -2.42. The molecule has 1 unspecified atom stereocenters. The molecule has 74 valence electrons. The van der Waals surface area contributed by atoms with Crippen LogP contribution in [-0.4, -0.2) is 46.1 Å². The normalized spacial score (nSPS) is 31.2. The summed E-state index contributed by atoms with van der Waals surface area (Å²) in [5, 5.41) is 9.03. The third-order valence-corrected chi connectivity index (χ3v) is 4.16. The summed E-state index contributed by atoms with van der Waals surface area (Å²) >= 11 is 1.92. The molecule has 4 heteroatoms. The third kappa shape index (κ3) is 1.83. The molecule has 0 radical (unpaired) electrons. The zero-order chi connectivity index (χ0) is 9.26. The molecule has 0 spiro atoms. The Morgan fingerprint density at radius 1 is 1.38 bits per heavy atom. The predicted octanol–water partition coefficient (Wildman–Crippen LogP) is 1.04. The zero-order valence-electron chi connectivity index (χ0n) is 7.61. The van der Waals surface area contributed by atoms with Crippen molar-refractivity contribution >= 4 is 17.7 Å². The average molecular weight is 201 g/mol. The maximum absolute atomic E-state index is 11.0. The Morgan fingerprint density at radius 3 is 2.69 bits per heavy atom. The van der Waals surface area contributed by atoms with E-state index in [1.54, 1.807) is 0 Å². The fraction of sp³-hybridized carbons (Fsp3) is 0.889. The number of aliphatic carboxylic acids is 1. The molecule has 0 aromatic carbocycles. The van der Waals surface area contributed by atoms with Gasteiger partial charge in [-0.15, -0.1) is 0 Å². The van der Waals surface area contributed by atoms with Crippen LogP contribution < -0.4 is 0 Å². The molecule has 3 nitrogen and oxygen atoms in total. The van der Waals surface area contributed by atoms with Gasteiger partial charge in [0.25, 0.3) is 0 Å². The highest BCUT2D eigenvalue weighted by molar-refractivity contribution is 8.00. The van der Waals surface area contributed by atoms with Gasteiger partial charge in [-0.3, -0.25) is 9.69 Å². The lowest BCUT2D eigenvalue weighted by Crippen LogP contribution is -2.54. The first-order valence-electron chi connectivity index (χ1n) is 4.85. The molecule has 0 aromatic heterocycles. The minimum Gasteiger partial charge on any atom is -0.480 e. The molecule has 2 fully saturated rings. The molecule has 2 saturated heterocycles. The van der Waals surface area contributed by atoms with Crippen molar-refractivity contribution in [2.75, 3.05) is 18.1 Å². The Balaban J connectivity index is 1.99. The molecule has 0 saturated carbocycles. The van der Waals surface area contributed by atoms with Gasteiger partial charge in [0.05, 0.1) is 0 Å². The van der Waals surface area contributed by atoms with E-state index in [9.17, 15) is 4.79 Å². The van der Waals surface area contributed by atoms with Crippen LogP contribution in [0.5, 0.6) is 0 Å². The second kappa shape index (κ2) is 3.88. The summed E-state index contributed by atoms with van der Waals surface area (Å²) in [6, 6.07) is 0.353. The molecule has 1 atom stereocenters. The second-order valence-corrected chi connectivity index (χ2v) is 4.85. The topological polar surface area (TPSA) is 40.5 Å². The average Bonchev–Trinajstić information content (AvgIpc) is 2.02. The number of carbonyl (C=O) groups is 1. The van der Waals surface area contributed by atoms with Crippen molar-refractivity contribution < 1.29 is 9.90 Å². The summed E-state index contributed by atoms with van der Waals surface area (Å²) in [6.45, 7) is 0.988. The van der Waals surface area contributed by atoms with Crippen LogP contribution >= 0.6 is 11.8 Å². The second-order valence-electron chi connectivity index (χ2n) is 3.78. The van der Waals surface area contributed by atoms with Crippen LogP contribution in [0.1, 0.15) is 19.3 Å². The summed E-state index contributed by atoms with van der Waals surface area (Å²) < 4.78 is 0. The van der Waals surface area contributed by atoms with Gasteiger partial charge in [-0.1, -0.05) is 6.42 Å². The number of piperidine rings is 1. The summed E-state index contributed by atoms with van der Waals surface area (Å²) in [4.78, 5) is 13.2.